The van der Waals surface area contributed by atoms with E-state index in [1.54, 1.807) is 13.3 Å². The molecular formula is C36H44N4O3S. The van der Waals surface area contributed by atoms with E-state index in [0.717, 1.165) is 72.3 Å². The van der Waals surface area contributed by atoms with Crippen LogP contribution in [0.2, 0.25) is 0 Å². The zero-order valence-electron chi connectivity index (χ0n) is 26.3. The number of ether oxygens (including phenoxy) is 1. The fraction of sp³-hybridized carbons (Fsp3) is 0.472. The van der Waals surface area contributed by atoms with Crippen LogP contribution in [0.1, 0.15) is 79.0 Å². The lowest BCUT2D eigenvalue weighted by Crippen LogP contribution is -2.36. The number of likely N-dealkylation sites (tertiary alicyclic amines) is 1. The van der Waals surface area contributed by atoms with Crippen molar-refractivity contribution in [1.82, 2.24) is 20.2 Å². The van der Waals surface area contributed by atoms with Crippen molar-refractivity contribution in [3.05, 3.63) is 86.8 Å². The number of hydrogen-bond acceptors (Lipinski definition) is 6. The topological polar surface area (TPSA) is 87.3 Å². The Balaban J connectivity index is 1.22. The van der Waals surface area contributed by atoms with Gasteiger partial charge in [-0.2, -0.15) is 0 Å². The van der Waals surface area contributed by atoms with E-state index in [2.05, 4.69) is 66.3 Å². The van der Waals surface area contributed by atoms with Crippen LogP contribution in [-0.4, -0.2) is 53.6 Å². The van der Waals surface area contributed by atoms with Crippen molar-refractivity contribution >= 4 is 27.5 Å². The zero-order chi connectivity index (χ0) is 30.8. The number of methoxy groups -OCH3 is 1. The van der Waals surface area contributed by atoms with Crippen LogP contribution in [0.3, 0.4) is 0 Å². The molecule has 1 aliphatic carbocycles. The third-order valence-electron chi connectivity index (χ3n) is 9.62. The van der Waals surface area contributed by atoms with Crippen molar-refractivity contribution in [2.75, 3.05) is 26.8 Å². The van der Waals surface area contributed by atoms with E-state index in [4.69, 9.17) is 9.72 Å². The highest BCUT2D eigenvalue weighted by Crippen LogP contribution is 2.38. The zero-order valence-corrected chi connectivity index (χ0v) is 27.1. The number of benzene rings is 1. The molecular weight excluding hydrogens is 568 g/mol. The number of aryl methyl sites for hydroxylation is 1. The van der Waals surface area contributed by atoms with E-state index in [9.17, 15) is 9.59 Å². The smallest absolute Gasteiger partial charge is 0.261 e. The van der Waals surface area contributed by atoms with Gasteiger partial charge < -0.3 is 15.0 Å². The van der Waals surface area contributed by atoms with Crippen LogP contribution in [0.25, 0.3) is 21.3 Å². The molecule has 2 N–H and O–H groups in total. The van der Waals surface area contributed by atoms with Crippen molar-refractivity contribution in [1.29, 1.82) is 0 Å². The molecule has 44 heavy (non-hydrogen) atoms. The molecule has 0 saturated carbocycles. The molecule has 8 heteroatoms. The summed E-state index contributed by atoms with van der Waals surface area (Å²) in [6.45, 7) is 9.67. The number of carbonyl (C=O) groups excluding carboxylic acids is 1. The van der Waals surface area contributed by atoms with Crippen LogP contribution >= 0.6 is 11.3 Å². The number of pyridine rings is 2. The largest absolute Gasteiger partial charge is 0.383 e. The van der Waals surface area contributed by atoms with Crippen LogP contribution in [-0.2, 0) is 17.6 Å². The SMILES string of the molecule is COC[C@@H]1CCCN1CCC(NC(=O)c1cc2cc3c(nc2s1)CC[C@H](C(C)(C)C)C3)c1ccc(-c2ccc(=O)[nH]c2)cc1. The molecule has 232 valence electrons. The van der Waals surface area contributed by atoms with Crippen LogP contribution in [0.15, 0.2) is 59.5 Å². The number of aromatic amines is 1. The van der Waals surface area contributed by atoms with Crippen molar-refractivity contribution in [2.45, 2.75) is 71.4 Å². The summed E-state index contributed by atoms with van der Waals surface area (Å²) in [7, 11) is 1.77. The summed E-state index contributed by atoms with van der Waals surface area (Å²) in [5.41, 5.74) is 5.73. The third-order valence-corrected chi connectivity index (χ3v) is 10.7. The summed E-state index contributed by atoms with van der Waals surface area (Å²) in [4.78, 5) is 37.2. The van der Waals surface area contributed by atoms with Crippen molar-refractivity contribution in [3.63, 3.8) is 0 Å². The van der Waals surface area contributed by atoms with E-state index in [-0.39, 0.29) is 22.9 Å². The fourth-order valence-electron chi connectivity index (χ4n) is 6.89. The molecule has 3 atom stereocenters. The number of hydrogen-bond donors (Lipinski definition) is 2. The first kappa shape index (κ1) is 30.7. The minimum Gasteiger partial charge on any atom is -0.383 e. The number of nitrogens with one attached hydrogen (secondary N) is 2. The Bertz CT molecular complexity index is 1650. The van der Waals surface area contributed by atoms with Gasteiger partial charge in [0.2, 0.25) is 5.56 Å². The Labute approximate surface area is 264 Å². The normalized spacial score (nSPS) is 19.6. The molecule has 1 aromatic carbocycles. The van der Waals surface area contributed by atoms with Gasteiger partial charge in [-0.3, -0.25) is 14.5 Å². The minimum absolute atomic E-state index is 0.0527. The number of aromatic nitrogens is 2. The average Bonchev–Trinajstić information content (AvgIpc) is 3.64. The Hall–Kier alpha value is -3.33. The van der Waals surface area contributed by atoms with Gasteiger partial charge in [0.25, 0.3) is 5.91 Å². The lowest BCUT2D eigenvalue weighted by Gasteiger charge is -2.34. The first-order valence-electron chi connectivity index (χ1n) is 15.9. The maximum Gasteiger partial charge on any atom is 0.261 e. The lowest BCUT2D eigenvalue weighted by molar-refractivity contribution is 0.0923. The molecule has 3 aromatic heterocycles. The molecule has 0 radical (unpaired) electrons. The second-order valence-corrected chi connectivity index (χ2v) is 14.6. The van der Waals surface area contributed by atoms with Crippen molar-refractivity contribution in [2.24, 2.45) is 11.3 Å². The molecule has 2 aliphatic rings. The molecule has 6 rings (SSSR count). The fourth-order valence-corrected chi connectivity index (χ4v) is 7.83. The van der Waals surface area contributed by atoms with Gasteiger partial charge in [0.05, 0.1) is 17.5 Å². The van der Waals surface area contributed by atoms with Crippen LogP contribution in [0.5, 0.6) is 0 Å². The highest BCUT2D eigenvalue weighted by Gasteiger charge is 2.30. The summed E-state index contributed by atoms with van der Waals surface area (Å²) in [5.74, 6) is 0.592. The van der Waals surface area contributed by atoms with Gasteiger partial charge >= 0.3 is 0 Å². The summed E-state index contributed by atoms with van der Waals surface area (Å²) >= 11 is 1.49. The number of fused-ring (bicyclic) bond motifs is 2. The number of carbonyl (C=O) groups is 1. The first-order chi connectivity index (χ1) is 21.2. The summed E-state index contributed by atoms with van der Waals surface area (Å²) in [6.07, 6.45) is 8.08. The molecule has 1 saturated heterocycles. The van der Waals surface area contributed by atoms with Crippen LogP contribution in [0.4, 0.5) is 0 Å². The monoisotopic (exact) mass is 612 g/mol. The predicted octanol–water partition coefficient (Wildman–Crippen LogP) is 6.77. The second kappa shape index (κ2) is 13.0. The maximum atomic E-state index is 13.8. The number of rotatable bonds is 9. The first-order valence-corrected chi connectivity index (χ1v) is 16.7. The second-order valence-electron chi connectivity index (χ2n) is 13.6. The summed E-state index contributed by atoms with van der Waals surface area (Å²) in [5, 5.41) is 4.45. The molecule has 1 amide bonds. The van der Waals surface area contributed by atoms with Gasteiger partial charge in [0, 0.05) is 43.0 Å². The Morgan fingerprint density at radius 2 is 1.93 bits per heavy atom. The third kappa shape index (κ3) is 6.82. The molecule has 0 bridgehead atoms. The van der Waals surface area contributed by atoms with E-state index >= 15 is 0 Å². The van der Waals surface area contributed by atoms with E-state index in [1.807, 2.05) is 12.1 Å². The maximum absolute atomic E-state index is 13.8. The predicted molar refractivity (Wildman–Crippen MR) is 178 cm³/mol. The van der Waals surface area contributed by atoms with Gasteiger partial charge in [-0.15, -0.1) is 11.3 Å². The standard InChI is InChI=1S/C36H44N4O3S/c1-36(2,3)28-12-13-30-26(19-28)18-27-20-32(44-35(27)39-30)34(42)38-31(15-17-40-16-5-6-29(40)22-43-4)24-9-7-23(8-10-24)25-11-14-33(41)37-21-25/h7-11,14,18,20-21,28-29,31H,5-6,12-13,15-17,19,22H2,1-4H3,(H,37,41)(H,38,42)/t28-,29-,31?/m0/s1. The van der Waals surface area contributed by atoms with E-state index in [0.29, 0.717) is 16.8 Å². The summed E-state index contributed by atoms with van der Waals surface area (Å²) < 4.78 is 5.48. The molecule has 4 aromatic rings. The van der Waals surface area contributed by atoms with Crippen LogP contribution < -0.4 is 10.9 Å². The molecule has 1 aliphatic heterocycles. The minimum atomic E-state index is -0.144. The number of H-pyrrole nitrogens is 1. The summed E-state index contributed by atoms with van der Waals surface area (Å²) in [6, 6.07) is 16.3. The average molecular weight is 613 g/mol. The molecule has 1 fully saturated rings. The highest BCUT2D eigenvalue weighted by atomic mass is 32.1. The molecule has 0 spiro atoms. The molecule has 4 heterocycles. The van der Waals surface area contributed by atoms with Crippen molar-refractivity contribution in [3.8, 4) is 11.1 Å². The molecule has 7 nitrogen and oxygen atoms in total. The Morgan fingerprint density at radius 3 is 2.66 bits per heavy atom. The van der Waals surface area contributed by atoms with Gasteiger partial charge in [0.1, 0.15) is 4.83 Å². The number of amides is 1. The van der Waals surface area contributed by atoms with Crippen molar-refractivity contribution < 1.29 is 9.53 Å². The van der Waals surface area contributed by atoms with Gasteiger partial charge in [-0.25, -0.2) is 4.98 Å². The van der Waals surface area contributed by atoms with Gasteiger partial charge in [0.15, 0.2) is 0 Å². The molecule has 1 unspecified atom stereocenters. The Kier molecular flexibility index (Phi) is 9.03. The number of nitrogens with zero attached hydrogens (tertiary/aromatic N) is 2. The highest BCUT2D eigenvalue weighted by molar-refractivity contribution is 7.20. The van der Waals surface area contributed by atoms with Crippen LogP contribution in [0, 0.1) is 11.3 Å². The lowest BCUT2D eigenvalue weighted by atomic mass is 9.71. The Morgan fingerprint density at radius 1 is 1.14 bits per heavy atom. The van der Waals surface area contributed by atoms with Gasteiger partial charge in [-0.1, -0.05) is 45.0 Å². The quantitative estimate of drug-likeness (QED) is 0.218. The van der Waals surface area contributed by atoms with Gasteiger partial charge in [-0.05, 0) is 96.9 Å². The van der Waals surface area contributed by atoms with E-state index in [1.165, 1.54) is 41.5 Å². The van der Waals surface area contributed by atoms with E-state index < -0.39 is 0 Å². The number of thiophene rings is 1.